The number of hydrogen-bond donors (Lipinski definition) is 1. The Morgan fingerprint density at radius 3 is 2.84 bits per heavy atom. The number of rotatable bonds is 3. The molecule has 2 aliphatic rings. The third-order valence-corrected chi connectivity index (χ3v) is 4.76. The Kier molecular flexibility index (Phi) is 3.79. The minimum atomic E-state index is 0.593. The Balaban J connectivity index is 1.68. The molecule has 104 valence electrons. The molecule has 0 saturated carbocycles. The van der Waals surface area contributed by atoms with Gasteiger partial charge in [-0.3, -0.25) is 0 Å². The van der Waals surface area contributed by atoms with Gasteiger partial charge in [0, 0.05) is 24.3 Å². The number of piperidine rings is 1. The maximum Gasteiger partial charge on any atom is 0.0377 e. The molecule has 0 aromatic heterocycles. The number of nitrogens with zero attached hydrogens (tertiary/aromatic N) is 1. The molecule has 2 saturated heterocycles. The van der Waals surface area contributed by atoms with Crippen molar-refractivity contribution in [2.45, 2.75) is 57.5 Å². The van der Waals surface area contributed by atoms with E-state index >= 15 is 0 Å². The van der Waals surface area contributed by atoms with Crippen LogP contribution in [-0.4, -0.2) is 30.1 Å². The van der Waals surface area contributed by atoms with Gasteiger partial charge in [0.1, 0.15) is 0 Å². The third kappa shape index (κ3) is 2.79. The second-order valence-electron chi connectivity index (χ2n) is 6.44. The molecule has 3 rings (SSSR count). The van der Waals surface area contributed by atoms with Crippen LogP contribution >= 0.6 is 0 Å². The van der Waals surface area contributed by atoms with Gasteiger partial charge >= 0.3 is 0 Å². The molecule has 0 bridgehead atoms. The first-order valence-electron chi connectivity index (χ1n) is 7.83. The van der Waals surface area contributed by atoms with Crippen molar-refractivity contribution in [2.75, 3.05) is 18.4 Å². The molecule has 19 heavy (non-hydrogen) atoms. The van der Waals surface area contributed by atoms with Gasteiger partial charge in [-0.25, -0.2) is 0 Å². The summed E-state index contributed by atoms with van der Waals surface area (Å²) in [5, 5.41) is 3.82. The summed E-state index contributed by atoms with van der Waals surface area (Å²) in [5.41, 5.74) is 2.81. The second-order valence-corrected chi connectivity index (χ2v) is 6.44. The summed E-state index contributed by atoms with van der Waals surface area (Å²) in [5.74, 6) is 0.593. The quantitative estimate of drug-likeness (QED) is 0.886. The normalized spacial score (nSPS) is 27.5. The van der Waals surface area contributed by atoms with Crippen molar-refractivity contribution in [1.29, 1.82) is 0 Å². The summed E-state index contributed by atoms with van der Waals surface area (Å²) < 4.78 is 0. The van der Waals surface area contributed by atoms with Gasteiger partial charge in [-0.05, 0) is 49.8 Å². The van der Waals surface area contributed by atoms with Gasteiger partial charge in [0.15, 0.2) is 0 Å². The van der Waals surface area contributed by atoms with Gasteiger partial charge in [0.25, 0.3) is 0 Å². The van der Waals surface area contributed by atoms with Gasteiger partial charge < -0.3 is 10.2 Å². The monoisotopic (exact) mass is 258 g/mol. The van der Waals surface area contributed by atoms with Crippen LogP contribution < -0.4 is 5.32 Å². The second kappa shape index (κ2) is 5.54. The predicted octanol–water partition coefficient (Wildman–Crippen LogP) is 3.85. The number of hydrogen-bond acceptors (Lipinski definition) is 2. The minimum absolute atomic E-state index is 0.593. The van der Waals surface area contributed by atoms with E-state index in [1.54, 1.807) is 0 Å². The van der Waals surface area contributed by atoms with E-state index in [1.165, 1.54) is 50.0 Å². The van der Waals surface area contributed by atoms with Crippen LogP contribution in [0.4, 0.5) is 5.69 Å². The highest BCUT2D eigenvalue weighted by Crippen LogP contribution is 2.30. The summed E-state index contributed by atoms with van der Waals surface area (Å²) in [7, 11) is 0. The van der Waals surface area contributed by atoms with Crippen LogP contribution in [0.2, 0.25) is 0 Å². The molecule has 0 spiro atoms. The lowest BCUT2D eigenvalue weighted by atomic mass is 9.95. The maximum absolute atomic E-state index is 3.82. The molecule has 0 amide bonds. The summed E-state index contributed by atoms with van der Waals surface area (Å²) in [6, 6.07) is 10.3. The van der Waals surface area contributed by atoms with Gasteiger partial charge in [-0.15, -0.1) is 0 Å². The van der Waals surface area contributed by atoms with E-state index in [2.05, 4.69) is 48.3 Å². The molecule has 2 unspecified atom stereocenters. The van der Waals surface area contributed by atoms with E-state index in [0.29, 0.717) is 12.0 Å². The first-order chi connectivity index (χ1) is 9.24. The van der Waals surface area contributed by atoms with Crippen molar-refractivity contribution < 1.29 is 0 Å². The van der Waals surface area contributed by atoms with Gasteiger partial charge in [0.05, 0.1) is 0 Å². The van der Waals surface area contributed by atoms with Crippen LogP contribution in [-0.2, 0) is 0 Å². The molecular weight excluding hydrogens is 232 g/mol. The lowest BCUT2D eigenvalue weighted by Crippen LogP contribution is -2.42. The zero-order valence-corrected chi connectivity index (χ0v) is 12.2. The largest absolute Gasteiger partial charge is 0.382 e. The zero-order valence-electron chi connectivity index (χ0n) is 12.2. The summed E-state index contributed by atoms with van der Waals surface area (Å²) in [6.45, 7) is 7.17. The molecule has 1 aromatic rings. The first-order valence-corrected chi connectivity index (χ1v) is 7.83. The lowest BCUT2D eigenvalue weighted by Gasteiger charge is -2.36. The molecule has 2 aliphatic heterocycles. The number of anilines is 1. The predicted molar refractivity (Wildman–Crippen MR) is 81.8 cm³/mol. The average molecular weight is 258 g/mol. The first kappa shape index (κ1) is 13.0. The van der Waals surface area contributed by atoms with E-state index in [4.69, 9.17) is 0 Å². The molecule has 2 nitrogen and oxygen atoms in total. The highest BCUT2D eigenvalue weighted by Gasteiger charge is 2.31. The molecule has 1 aromatic carbocycles. The number of para-hydroxylation sites is 1. The smallest absolute Gasteiger partial charge is 0.0377 e. The van der Waals surface area contributed by atoms with Gasteiger partial charge in [0.2, 0.25) is 0 Å². The van der Waals surface area contributed by atoms with Crippen molar-refractivity contribution in [3.63, 3.8) is 0 Å². The molecule has 0 aliphatic carbocycles. The molecule has 2 heterocycles. The molecule has 2 atom stereocenters. The Bertz CT molecular complexity index is 427. The van der Waals surface area contributed by atoms with Crippen LogP contribution in [0.5, 0.6) is 0 Å². The molecule has 1 N–H and O–H groups in total. The van der Waals surface area contributed by atoms with Crippen LogP contribution in [0.25, 0.3) is 0 Å². The highest BCUT2D eigenvalue weighted by molar-refractivity contribution is 5.53. The maximum atomic E-state index is 3.82. The lowest BCUT2D eigenvalue weighted by molar-refractivity contribution is 0.188. The van der Waals surface area contributed by atoms with Crippen LogP contribution in [0.3, 0.4) is 0 Å². The fourth-order valence-electron chi connectivity index (χ4n) is 3.71. The molecule has 2 heteroatoms. The third-order valence-electron chi connectivity index (χ3n) is 4.76. The van der Waals surface area contributed by atoms with Crippen molar-refractivity contribution in [3.05, 3.63) is 29.8 Å². The fourth-order valence-corrected chi connectivity index (χ4v) is 3.71. The van der Waals surface area contributed by atoms with Crippen molar-refractivity contribution in [2.24, 2.45) is 0 Å². The van der Waals surface area contributed by atoms with Crippen molar-refractivity contribution in [1.82, 2.24) is 4.90 Å². The van der Waals surface area contributed by atoms with Crippen LogP contribution in [0.1, 0.15) is 51.0 Å². The SMILES string of the molecule is CC(C)c1ccccc1NC1CCN2CCCC2C1. The van der Waals surface area contributed by atoms with E-state index in [9.17, 15) is 0 Å². The molecule has 2 fully saturated rings. The van der Waals surface area contributed by atoms with Crippen LogP contribution in [0.15, 0.2) is 24.3 Å². The topological polar surface area (TPSA) is 15.3 Å². The number of nitrogens with one attached hydrogen (secondary N) is 1. The van der Waals surface area contributed by atoms with Gasteiger partial charge in [-0.1, -0.05) is 32.0 Å². The summed E-state index contributed by atoms with van der Waals surface area (Å²) in [4.78, 5) is 2.69. The molecule has 0 radical (unpaired) electrons. The Hall–Kier alpha value is -1.02. The zero-order chi connectivity index (χ0) is 13.2. The van der Waals surface area contributed by atoms with E-state index in [-0.39, 0.29) is 0 Å². The van der Waals surface area contributed by atoms with Gasteiger partial charge in [-0.2, -0.15) is 0 Å². The summed E-state index contributed by atoms with van der Waals surface area (Å²) in [6.07, 6.45) is 5.43. The molecular formula is C17H26N2. The van der Waals surface area contributed by atoms with E-state index in [0.717, 1.165) is 6.04 Å². The average Bonchev–Trinajstić information content (AvgIpc) is 2.86. The fraction of sp³-hybridized carbons (Fsp3) is 0.647. The van der Waals surface area contributed by atoms with Crippen molar-refractivity contribution >= 4 is 5.69 Å². The standard InChI is InChI=1S/C17H26N2/c1-13(2)16-7-3-4-8-17(16)18-14-9-11-19-10-5-6-15(19)12-14/h3-4,7-8,13-15,18H,5-6,9-12H2,1-2H3. The Morgan fingerprint density at radius 1 is 1.16 bits per heavy atom. The number of fused-ring (bicyclic) bond motifs is 1. The van der Waals surface area contributed by atoms with Crippen molar-refractivity contribution in [3.8, 4) is 0 Å². The minimum Gasteiger partial charge on any atom is -0.382 e. The Morgan fingerprint density at radius 2 is 2.00 bits per heavy atom. The summed E-state index contributed by atoms with van der Waals surface area (Å²) >= 11 is 0. The number of benzene rings is 1. The van der Waals surface area contributed by atoms with E-state index in [1.807, 2.05) is 0 Å². The van der Waals surface area contributed by atoms with Crippen LogP contribution in [0, 0.1) is 0 Å². The van der Waals surface area contributed by atoms with E-state index < -0.39 is 0 Å². The highest BCUT2D eigenvalue weighted by atomic mass is 15.2. The Labute approximate surface area is 117 Å².